The summed E-state index contributed by atoms with van der Waals surface area (Å²) in [6.07, 6.45) is 1.58. The molecule has 2 N–H and O–H groups in total. The third kappa shape index (κ3) is 4.22. The van der Waals surface area contributed by atoms with Gasteiger partial charge in [0.15, 0.2) is 0 Å². The summed E-state index contributed by atoms with van der Waals surface area (Å²) in [7, 11) is 0. The normalized spacial score (nSPS) is 10.4. The Labute approximate surface area is 91.5 Å². The van der Waals surface area contributed by atoms with Crippen LogP contribution in [0.25, 0.3) is 0 Å². The van der Waals surface area contributed by atoms with Crippen molar-refractivity contribution in [3.05, 3.63) is 25.3 Å². The maximum Gasteiger partial charge on any atom is 0.365 e. The number of aliphatic hydroxyl groups is 2. The van der Waals surface area contributed by atoms with Crippen molar-refractivity contribution in [2.24, 2.45) is 0 Å². The number of aliphatic hydroxyl groups excluding tert-OH is 2. The maximum absolute atomic E-state index is 10.9. The topological polar surface area (TPSA) is 102 Å². The maximum atomic E-state index is 10.9. The summed E-state index contributed by atoms with van der Waals surface area (Å²) in [4.78, 5) is 29.9. The molecule has 0 unspecified atom stereocenters. The molecule has 90 valence electrons. The van der Waals surface area contributed by atoms with Gasteiger partial charge in [0.05, 0.1) is 0 Å². The van der Waals surface area contributed by atoms with Crippen molar-refractivity contribution >= 4 is 11.9 Å². The van der Waals surface area contributed by atoms with E-state index in [1.807, 2.05) is 0 Å². The Hall–Kier alpha value is -1.70. The van der Waals surface area contributed by atoms with Crippen LogP contribution in [0.3, 0.4) is 0 Å². The van der Waals surface area contributed by atoms with Gasteiger partial charge >= 0.3 is 17.7 Å². The lowest BCUT2D eigenvalue weighted by atomic mass is 10.3. The minimum Gasteiger partial charge on any atom is -0.421 e. The van der Waals surface area contributed by atoms with Gasteiger partial charge in [-0.3, -0.25) is 4.89 Å². The fraction of sp³-hybridized carbons (Fsp3) is 0.333. The molecule has 0 amide bonds. The van der Waals surface area contributed by atoms with Crippen molar-refractivity contribution in [3.8, 4) is 0 Å². The molecule has 0 aliphatic heterocycles. The largest absolute Gasteiger partial charge is 0.421 e. The number of hydrogen-bond acceptors (Lipinski definition) is 7. The van der Waals surface area contributed by atoms with E-state index in [4.69, 9.17) is 10.2 Å². The highest BCUT2D eigenvalue weighted by atomic mass is 17.2. The SMILES string of the molecule is C=CC(=O)OOC(CO)(CO)OC(=O)C=C. The van der Waals surface area contributed by atoms with Crippen molar-refractivity contribution in [1.82, 2.24) is 0 Å². The summed E-state index contributed by atoms with van der Waals surface area (Å²) < 4.78 is 4.49. The molecule has 7 nitrogen and oxygen atoms in total. The predicted octanol–water partition coefficient (Wildman–Crippen LogP) is -0.943. The lowest BCUT2D eigenvalue weighted by molar-refractivity contribution is -0.404. The van der Waals surface area contributed by atoms with Crippen LogP contribution in [0.4, 0.5) is 0 Å². The van der Waals surface area contributed by atoms with Gasteiger partial charge in [0.25, 0.3) is 0 Å². The molecule has 0 spiro atoms. The van der Waals surface area contributed by atoms with E-state index in [2.05, 4.69) is 27.7 Å². The number of hydrogen-bond donors (Lipinski definition) is 2. The molecular formula is C9H12O7. The van der Waals surface area contributed by atoms with Gasteiger partial charge in [0, 0.05) is 12.2 Å². The Kier molecular flexibility index (Phi) is 6.01. The van der Waals surface area contributed by atoms with E-state index in [-0.39, 0.29) is 0 Å². The number of ether oxygens (including phenoxy) is 1. The lowest BCUT2D eigenvalue weighted by Crippen LogP contribution is -2.45. The van der Waals surface area contributed by atoms with Gasteiger partial charge in [0.2, 0.25) is 0 Å². The second-order valence-corrected chi connectivity index (χ2v) is 2.54. The van der Waals surface area contributed by atoms with Gasteiger partial charge in [-0.05, 0) is 0 Å². The Morgan fingerprint density at radius 1 is 1.12 bits per heavy atom. The van der Waals surface area contributed by atoms with E-state index in [9.17, 15) is 9.59 Å². The van der Waals surface area contributed by atoms with Crippen molar-refractivity contribution in [2.45, 2.75) is 5.79 Å². The zero-order chi connectivity index (χ0) is 12.6. The highest BCUT2D eigenvalue weighted by Gasteiger charge is 2.37. The van der Waals surface area contributed by atoms with Gasteiger partial charge in [0.1, 0.15) is 13.2 Å². The zero-order valence-corrected chi connectivity index (χ0v) is 8.42. The van der Waals surface area contributed by atoms with Gasteiger partial charge in [-0.2, -0.15) is 0 Å². The smallest absolute Gasteiger partial charge is 0.365 e. The van der Waals surface area contributed by atoms with Crippen LogP contribution in [-0.4, -0.2) is 41.2 Å². The van der Waals surface area contributed by atoms with Crippen LogP contribution in [0.15, 0.2) is 25.3 Å². The molecule has 0 aromatic rings. The predicted molar refractivity (Wildman–Crippen MR) is 50.6 cm³/mol. The van der Waals surface area contributed by atoms with Crippen molar-refractivity contribution in [1.29, 1.82) is 0 Å². The van der Waals surface area contributed by atoms with Crippen molar-refractivity contribution < 1.29 is 34.3 Å². The standard InChI is InChI=1S/C9H12O7/c1-3-7(12)14-9(5-10,6-11)16-15-8(13)4-2/h3-4,10-11H,1-2,5-6H2. The van der Waals surface area contributed by atoms with Gasteiger partial charge in [-0.15, -0.1) is 4.89 Å². The summed E-state index contributed by atoms with van der Waals surface area (Å²) in [5, 5.41) is 17.8. The molecule has 16 heavy (non-hydrogen) atoms. The van der Waals surface area contributed by atoms with Crippen LogP contribution >= 0.6 is 0 Å². The molecule has 0 fully saturated rings. The third-order valence-corrected chi connectivity index (χ3v) is 1.38. The van der Waals surface area contributed by atoms with Crippen LogP contribution in [0.1, 0.15) is 0 Å². The molecule has 0 heterocycles. The van der Waals surface area contributed by atoms with E-state index in [1.165, 1.54) is 0 Å². The number of carbonyl (C=O) groups is 2. The van der Waals surface area contributed by atoms with E-state index >= 15 is 0 Å². The summed E-state index contributed by atoms with van der Waals surface area (Å²) in [6.45, 7) is 4.38. The lowest BCUT2D eigenvalue weighted by Gasteiger charge is -2.26. The zero-order valence-electron chi connectivity index (χ0n) is 8.42. The van der Waals surface area contributed by atoms with Crippen LogP contribution in [0, 0.1) is 0 Å². The minimum absolute atomic E-state index is 0.787. The fourth-order valence-corrected chi connectivity index (χ4v) is 0.560. The molecule has 0 aromatic heterocycles. The van der Waals surface area contributed by atoms with Crippen LogP contribution in [0.5, 0.6) is 0 Å². The van der Waals surface area contributed by atoms with Gasteiger partial charge in [-0.25, -0.2) is 9.59 Å². The molecule has 0 rings (SSSR count). The average molecular weight is 232 g/mol. The number of esters is 1. The monoisotopic (exact) mass is 232 g/mol. The van der Waals surface area contributed by atoms with Gasteiger partial charge in [-0.1, -0.05) is 13.2 Å². The van der Waals surface area contributed by atoms with E-state index in [0.29, 0.717) is 0 Å². The fourth-order valence-electron chi connectivity index (χ4n) is 0.560. The first-order valence-electron chi connectivity index (χ1n) is 4.12. The van der Waals surface area contributed by atoms with Crippen molar-refractivity contribution in [2.75, 3.05) is 13.2 Å². The highest BCUT2D eigenvalue weighted by molar-refractivity contribution is 5.81. The first-order chi connectivity index (χ1) is 7.53. The Morgan fingerprint density at radius 3 is 2.00 bits per heavy atom. The second kappa shape index (κ2) is 6.72. The quantitative estimate of drug-likeness (QED) is 0.192. The summed E-state index contributed by atoms with van der Waals surface area (Å²) in [5.41, 5.74) is 0. The molecule has 0 atom stereocenters. The Bertz CT molecular complexity index is 280. The minimum atomic E-state index is -2.16. The Balaban J connectivity index is 4.54. The van der Waals surface area contributed by atoms with Crippen LogP contribution < -0.4 is 0 Å². The van der Waals surface area contributed by atoms with E-state index in [0.717, 1.165) is 12.2 Å². The van der Waals surface area contributed by atoms with E-state index < -0.39 is 30.9 Å². The average Bonchev–Trinajstić information content (AvgIpc) is 2.33. The second-order valence-electron chi connectivity index (χ2n) is 2.54. The van der Waals surface area contributed by atoms with Crippen molar-refractivity contribution in [3.63, 3.8) is 0 Å². The molecule has 0 saturated heterocycles. The summed E-state index contributed by atoms with van der Waals surface area (Å²) in [5.74, 6) is -4.09. The number of carbonyl (C=O) groups excluding carboxylic acids is 2. The third-order valence-electron chi connectivity index (χ3n) is 1.38. The van der Waals surface area contributed by atoms with E-state index in [1.54, 1.807) is 0 Å². The van der Waals surface area contributed by atoms with Gasteiger partial charge < -0.3 is 14.9 Å². The first kappa shape index (κ1) is 14.3. The molecule has 0 aliphatic carbocycles. The first-order valence-corrected chi connectivity index (χ1v) is 4.12. The van der Waals surface area contributed by atoms with Crippen LogP contribution in [0.2, 0.25) is 0 Å². The molecule has 0 bridgehead atoms. The summed E-state index contributed by atoms with van der Waals surface area (Å²) in [6, 6.07) is 0. The summed E-state index contributed by atoms with van der Waals surface area (Å²) >= 11 is 0. The molecule has 7 heteroatoms. The number of rotatable bonds is 7. The molecule has 0 saturated carbocycles. The molecular weight excluding hydrogens is 220 g/mol. The highest BCUT2D eigenvalue weighted by Crippen LogP contribution is 2.13. The van der Waals surface area contributed by atoms with Crippen LogP contribution in [-0.2, 0) is 24.1 Å². The molecule has 0 radical (unpaired) electrons. The molecule has 0 aliphatic rings. The molecule has 0 aromatic carbocycles. The Morgan fingerprint density at radius 2 is 1.62 bits per heavy atom.